The maximum Gasteiger partial charge on any atom is 0.415 e. The highest BCUT2D eigenvalue weighted by Gasteiger charge is 2.34. The number of hydrogen-bond acceptors (Lipinski definition) is 6. The van der Waals surface area contributed by atoms with Gasteiger partial charge < -0.3 is 9.47 Å². The smallest absolute Gasteiger partial charge is 0.415 e. The van der Waals surface area contributed by atoms with Crippen LogP contribution in [0, 0.1) is 13.8 Å². The van der Waals surface area contributed by atoms with Crippen LogP contribution in [-0.2, 0) is 14.8 Å². The van der Waals surface area contributed by atoms with Gasteiger partial charge in [0, 0.05) is 6.54 Å². The minimum atomic E-state index is -3.80. The number of methoxy groups -OCH3 is 1. The number of aryl methyl sites for hydroxylation is 2. The first-order valence-electron chi connectivity index (χ1n) is 7.98. The Bertz CT molecular complexity index is 909. The summed E-state index contributed by atoms with van der Waals surface area (Å²) in [6.07, 6.45) is -1.03. The molecule has 1 N–H and O–H groups in total. The molecule has 0 radical (unpaired) electrons. The molecule has 140 valence electrons. The number of amides is 1. The molecule has 1 aliphatic heterocycles. The Labute approximate surface area is 156 Å². The number of nitrogens with zero attached hydrogens (tertiary/aromatic N) is 1. The lowest BCUT2D eigenvalue weighted by molar-refractivity contribution is 0.143. The first-order chi connectivity index (χ1) is 12.3. The predicted molar refractivity (Wildman–Crippen MR) is 99.6 cm³/mol. The van der Waals surface area contributed by atoms with E-state index in [1.54, 1.807) is 12.1 Å². The monoisotopic (exact) mass is 396 g/mol. The van der Waals surface area contributed by atoms with Crippen molar-refractivity contribution in [2.75, 3.05) is 25.1 Å². The number of sulfonamides is 1. The molecule has 2 heterocycles. The molecular weight excluding hydrogens is 376 g/mol. The summed E-state index contributed by atoms with van der Waals surface area (Å²) in [6, 6.07) is 6.93. The van der Waals surface area contributed by atoms with Crippen molar-refractivity contribution >= 4 is 32.5 Å². The predicted octanol–water partition coefficient (Wildman–Crippen LogP) is 2.68. The molecule has 0 spiro atoms. The lowest BCUT2D eigenvalue weighted by Crippen LogP contribution is -2.34. The topological polar surface area (TPSA) is 84.9 Å². The molecule has 3 rings (SSSR count). The largest absolute Gasteiger partial charge is 0.495 e. The van der Waals surface area contributed by atoms with Crippen molar-refractivity contribution in [3.63, 3.8) is 0 Å². The Morgan fingerprint density at radius 3 is 2.73 bits per heavy atom. The summed E-state index contributed by atoms with van der Waals surface area (Å²) in [5.41, 5.74) is 1.79. The van der Waals surface area contributed by atoms with Gasteiger partial charge in [-0.1, -0.05) is 0 Å². The summed E-state index contributed by atoms with van der Waals surface area (Å²) in [7, 11) is -2.37. The van der Waals surface area contributed by atoms with Crippen LogP contribution in [-0.4, -0.2) is 40.8 Å². The van der Waals surface area contributed by atoms with Gasteiger partial charge in [0.1, 0.15) is 21.8 Å². The molecule has 1 fully saturated rings. The number of rotatable bonds is 6. The average molecular weight is 396 g/mol. The zero-order valence-electron chi connectivity index (χ0n) is 14.7. The molecule has 1 aromatic heterocycles. The van der Waals surface area contributed by atoms with Gasteiger partial charge in [-0.2, -0.15) is 0 Å². The fraction of sp³-hybridized carbons (Fsp3) is 0.353. The number of anilines is 1. The Morgan fingerprint density at radius 2 is 2.08 bits per heavy atom. The number of nitrogens with one attached hydrogen (secondary N) is 1. The zero-order valence-corrected chi connectivity index (χ0v) is 16.3. The quantitative estimate of drug-likeness (QED) is 0.811. The highest BCUT2D eigenvalue weighted by atomic mass is 32.2. The fourth-order valence-corrected chi connectivity index (χ4v) is 4.67. The van der Waals surface area contributed by atoms with Gasteiger partial charge in [-0.05, 0) is 54.6 Å². The molecule has 1 atom stereocenters. The third-order valence-corrected chi connectivity index (χ3v) is 6.55. The van der Waals surface area contributed by atoms with Crippen LogP contribution < -0.4 is 14.4 Å². The summed E-state index contributed by atoms with van der Waals surface area (Å²) in [6.45, 7) is 4.02. The zero-order chi connectivity index (χ0) is 18.9. The summed E-state index contributed by atoms with van der Waals surface area (Å²) >= 11 is 1.42. The number of carbonyl (C=O) groups excluding carboxylic acids is 1. The summed E-state index contributed by atoms with van der Waals surface area (Å²) in [4.78, 5) is 13.5. The van der Waals surface area contributed by atoms with E-state index in [9.17, 15) is 13.2 Å². The summed E-state index contributed by atoms with van der Waals surface area (Å²) < 4.78 is 38.4. The third-order valence-electron chi connectivity index (χ3n) is 4.22. The van der Waals surface area contributed by atoms with E-state index in [4.69, 9.17) is 9.47 Å². The van der Waals surface area contributed by atoms with E-state index in [1.807, 2.05) is 31.4 Å². The van der Waals surface area contributed by atoms with Crippen LogP contribution in [0.25, 0.3) is 0 Å². The van der Waals surface area contributed by atoms with Crippen LogP contribution >= 0.6 is 11.3 Å². The average Bonchev–Trinajstić information content (AvgIpc) is 3.24. The van der Waals surface area contributed by atoms with Crippen LogP contribution in [0.1, 0.15) is 11.1 Å². The number of cyclic esters (lactones) is 1. The van der Waals surface area contributed by atoms with E-state index in [2.05, 4.69) is 4.72 Å². The van der Waals surface area contributed by atoms with E-state index < -0.39 is 22.2 Å². The van der Waals surface area contributed by atoms with Gasteiger partial charge in [0.25, 0.3) is 0 Å². The van der Waals surface area contributed by atoms with Crippen molar-refractivity contribution in [1.82, 2.24) is 4.72 Å². The fourth-order valence-electron chi connectivity index (χ4n) is 2.64. The second-order valence-corrected chi connectivity index (χ2v) is 8.67. The van der Waals surface area contributed by atoms with Crippen LogP contribution in [0.15, 0.2) is 34.5 Å². The number of carbonyl (C=O) groups is 1. The molecule has 1 saturated heterocycles. The van der Waals surface area contributed by atoms with Crippen molar-refractivity contribution in [2.24, 2.45) is 0 Å². The highest BCUT2D eigenvalue weighted by Crippen LogP contribution is 2.28. The van der Waals surface area contributed by atoms with Crippen molar-refractivity contribution in [1.29, 1.82) is 0 Å². The molecule has 0 bridgehead atoms. The third kappa shape index (κ3) is 3.69. The van der Waals surface area contributed by atoms with E-state index in [-0.39, 0.29) is 17.2 Å². The summed E-state index contributed by atoms with van der Waals surface area (Å²) in [5.74, 6) is 0.282. The van der Waals surface area contributed by atoms with Crippen LogP contribution in [0.5, 0.6) is 5.75 Å². The maximum atomic E-state index is 12.7. The van der Waals surface area contributed by atoms with E-state index >= 15 is 0 Å². The SMILES string of the molecule is COc1cc(C)c(C)cc1S(=O)(=O)NCC1CN(c2cccs2)C(=O)O1. The normalized spacial score (nSPS) is 17.4. The summed E-state index contributed by atoms with van der Waals surface area (Å²) in [5, 5.41) is 2.64. The van der Waals surface area contributed by atoms with Crippen molar-refractivity contribution in [2.45, 2.75) is 24.8 Å². The Kier molecular flexibility index (Phi) is 5.22. The number of ether oxygens (including phenoxy) is 2. The van der Waals surface area contributed by atoms with E-state index in [1.165, 1.54) is 23.3 Å². The van der Waals surface area contributed by atoms with Crippen molar-refractivity contribution < 1.29 is 22.7 Å². The molecule has 26 heavy (non-hydrogen) atoms. The number of benzene rings is 1. The van der Waals surface area contributed by atoms with Crippen molar-refractivity contribution in [3.8, 4) is 5.75 Å². The Hall–Kier alpha value is -2.10. The minimum Gasteiger partial charge on any atom is -0.495 e. The first-order valence-corrected chi connectivity index (χ1v) is 10.3. The van der Waals surface area contributed by atoms with E-state index in [0.29, 0.717) is 6.54 Å². The van der Waals surface area contributed by atoms with Gasteiger partial charge >= 0.3 is 6.09 Å². The number of hydrogen-bond donors (Lipinski definition) is 1. The lowest BCUT2D eigenvalue weighted by atomic mass is 10.1. The molecule has 2 aromatic rings. The number of thiophene rings is 1. The molecular formula is C17H20N2O5S2. The van der Waals surface area contributed by atoms with Crippen LogP contribution in [0.2, 0.25) is 0 Å². The molecule has 1 unspecified atom stereocenters. The minimum absolute atomic E-state index is 0.00791. The first kappa shape index (κ1) is 18.7. The second kappa shape index (κ2) is 7.26. The van der Waals surface area contributed by atoms with Gasteiger partial charge in [-0.15, -0.1) is 11.3 Å². The molecule has 0 saturated carbocycles. The molecule has 1 aliphatic rings. The molecule has 1 amide bonds. The van der Waals surface area contributed by atoms with Crippen LogP contribution in [0.4, 0.5) is 9.80 Å². The molecule has 1 aromatic carbocycles. The highest BCUT2D eigenvalue weighted by molar-refractivity contribution is 7.89. The maximum absolute atomic E-state index is 12.7. The second-order valence-electron chi connectivity index (χ2n) is 6.01. The van der Waals surface area contributed by atoms with Gasteiger partial charge in [-0.25, -0.2) is 17.9 Å². The van der Waals surface area contributed by atoms with Crippen molar-refractivity contribution in [3.05, 3.63) is 40.8 Å². The van der Waals surface area contributed by atoms with Crippen LogP contribution in [0.3, 0.4) is 0 Å². The van der Waals surface area contributed by atoms with Gasteiger partial charge in [0.05, 0.1) is 13.7 Å². The molecule has 9 heteroatoms. The lowest BCUT2D eigenvalue weighted by Gasteiger charge is -2.14. The Balaban J connectivity index is 1.72. The van der Waals surface area contributed by atoms with Gasteiger partial charge in [0.15, 0.2) is 0 Å². The van der Waals surface area contributed by atoms with E-state index in [0.717, 1.165) is 16.1 Å². The molecule has 7 nitrogen and oxygen atoms in total. The Morgan fingerprint density at radius 1 is 1.35 bits per heavy atom. The molecule has 0 aliphatic carbocycles. The van der Waals surface area contributed by atoms with Gasteiger partial charge in [-0.3, -0.25) is 4.90 Å². The van der Waals surface area contributed by atoms with Gasteiger partial charge in [0.2, 0.25) is 10.0 Å². The standard InChI is InChI=1S/C17H20N2O5S2/c1-11-7-14(23-3)15(8-12(11)2)26(21,22)18-9-13-10-19(17(20)24-13)16-5-4-6-25-16/h4-8,13,18H,9-10H2,1-3H3.